The smallest absolute Gasteiger partial charge is 0.280 e. The van der Waals surface area contributed by atoms with Crippen LogP contribution in [-0.2, 0) is 14.9 Å². The van der Waals surface area contributed by atoms with Gasteiger partial charge in [-0.25, -0.2) is 0 Å². The Balaban J connectivity index is 1.80. The van der Waals surface area contributed by atoms with Crippen LogP contribution in [0.1, 0.15) is 39.5 Å². The van der Waals surface area contributed by atoms with Crippen LogP contribution >= 0.6 is 0 Å². The van der Waals surface area contributed by atoms with Crippen molar-refractivity contribution in [1.29, 1.82) is 0 Å². The van der Waals surface area contributed by atoms with Crippen LogP contribution in [0, 0.1) is 0 Å². The lowest BCUT2D eigenvalue weighted by molar-refractivity contribution is -0.0444. The molecular formula is C18H26N2O5S. The van der Waals surface area contributed by atoms with Crippen molar-refractivity contribution >= 4 is 21.2 Å². The van der Waals surface area contributed by atoms with Crippen LogP contribution in [-0.4, -0.2) is 44.6 Å². The highest BCUT2D eigenvalue weighted by atomic mass is 32.2. The number of morpholine rings is 1. The molecule has 3 atom stereocenters. The Kier molecular flexibility index (Phi) is 5.57. The number of nitrogens with one attached hydrogen (secondary N) is 1. The zero-order valence-corrected chi connectivity index (χ0v) is 16.4. The Bertz CT molecular complexity index is 854. The summed E-state index contributed by atoms with van der Waals surface area (Å²) in [6, 6.07) is 6.98. The molecule has 0 aliphatic carbocycles. The first-order chi connectivity index (χ1) is 12.3. The minimum absolute atomic E-state index is 0.134. The van der Waals surface area contributed by atoms with Gasteiger partial charge in [0.25, 0.3) is 10.2 Å². The van der Waals surface area contributed by atoms with E-state index in [0.29, 0.717) is 36.8 Å². The minimum Gasteiger partial charge on any atom is -0.490 e. The first kappa shape index (κ1) is 19.2. The second-order valence-electron chi connectivity index (χ2n) is 6.68. The van der Waals surface area contributed by atoms with E-state index >= 15 is 0 Å². The van der Waals surface area contributed by atoms with Gasteiger partial charge in [-0.05, 0) is 39.8 Å². The molecule has 3 unspecified atom stereocenters. The standard InChI is InChI=1S/C18H26N2O5S/c1-5-23-16-8-6-7-15-9-17(25-18(15)16)14(4)19-26(21,22)20-10-12(2)24-13(3)11-20/h6-9,12-14,19H,5,10-11H2,1-4H3. The van der Waals surface area contributed by atoms with Gasteiger partial charge >= 0.3 is 0 Å². The van der Waals surface area contributed by atoms with E-state index in [9.17, 15) is 8.42 Å². The van der Waals surface area contributed by atoms with Gasteiger partial charge in [0.15, 0.2) is 11.3 Å². The summed E-state index contributed by atoms with van der Waals surface area (Å²) in [6.45, 7) is 8.62. The zero-order chi connectivity index (χ0) is 18.9. The number of para-hydroxylation sites is 1. The van der Waals surface area contributed by atoms with Gasteiger partial charge in [0.1, 0.15) is 5.76 Å². The highest BCUT2D eigenvalue weighted by molar-refractivity contribution is 7.87. The Morgan fingerprint density at radius 2 is 2.00 bits per heavy atom. The second-order valence-corrected chi connectivity index (χ2v) is 8.38. The predicted molar refractivity (Wildman–Crippen MR) is 99.4 cm³/mol. The minimum atomic E-state index is -3.64. The molecule has 144 valence electrons. The van der Waals surface area contributed by atoms with E-state index in [0.717, 1.165) is 5.39 Å². The van der Waals surface area contributed by atoms with E-state index in [2.05, 4.69) is 4.72 Å². The molecule has 26 heavy (non-hydrogen) atoms. The van der Waals surface area contributed by atoms with Crippen LogP contribution in [0.15, 0.2) is 28.7 Å². The van der Waals surface area contributed by atoms with E-state index in [-0.39, 0.29) is 12.2 Å². The number of furan rings is 1. The van der Waals surface area contributed by atoms with Crippen molar-refractivity contribution in [3.05, 3.63) is 30.0 Å². The molecule has 7 nitrogen and oxygen atoms in total. The molecule has 1 aliphatic rings. The molecule has 0 amide bonds. The number of hydrogen-bond donors (Lipinski definition) is 1. The molecule has 1 aromatic carbocycles. The summed E-state index contributed by atoms with van der Waals surface area (Å²) in [7, 11) is -3.64. The molecule has 3 rings (SSSR count). The third kappa shape index (κ3) is 4.03. The van der Waals surface area contributed by atoms with Gasteiger partial charge in [-0.3, -0.25) is 0 Å². The SMILES string of the molecule is CCOc1cccc2cc(C(C)NS(=O)(=O)N3CC(C)OC(C)C3)oc12. The van der Waals surface area contributed by atoms with Gasteiger partial charge in [0.05, 0.1) is 24.9 Å². The van der Waals surface area contributed by atoms with Crippen LogP contribution in [0.4, 0.5) is 0 Å². The molecule has 1 saturated heterocycles. The van der Waals surface area contributed by atoms with Crippen molar-refractivity contribution in [2.24, 2.45) is 0 Å². The maximum Gasteiger partial charge on any atom is 0.280 e. The summed E-state index contributed by atoms with van der Waals surface area (Å²) >= 11 is 0. The molecule has 1 aliphatic heterocycles. The van der Waals surface area contributed by atoms with E-state index in [1.807, 2.05) is 45.0 Å². The van der Waals surface area contributed by atoms with Crippen LogP contribution in [0.2, 0.25) is 0 Å². The molecular weight excluding hydrogens is 356 g/mol. The third-order valence-corrected chi connectivity index (χ3v) is 5.93. The van der Waals surface area contributed by atoms with E-state index in [4.69, 9.17) is 13.9 Å². The maximum absolute atomic E-state index is 12.7. The fourth-order valence-corrected chi connectivity index (χ4v) is 4.75. The van der Waals surface area contributed by atoms with Crippen molar-refractivity contribution in [1.82, 2.24) is 9.03 Å². The normalized spacial score (nSPS) is 23.2. The number of ether oxygens (including phenoxy) is 2. The van der Waals surface area contributed by atoms with Gasteiger partial charge < -0.3 is 13.9 Å². The summed E-state index contributed by atoms with van der Waals surface area (Å²) in [4.78, 5) is 0. The summed E-state index contributed by atoms with van der Waals surface area (Å²) in [5, 5.41) is 0.880. The van der Waals surface area contributed by atoms with Crippen molar-refractivity contribution in [2.45, 2.75) is 45.9 Å². The van der Waals surface area contributed by atoms with Crippen molar-refractivity contribution in [3.8, 4) is 5.75 Å². The number of fused-ring (bicyclic) bond motifs is 1. The molecule has 0 radical (unpaired) electrons. The molecule has 2 aromatic rings. The van der Waals surface area contributed by atoms with E-state index in [1.165, 1.54) is 4.31 Å². The highest BCUT2D eigenvalue weighted by Crippen LogP contribution is 2.31. The van der Waals surface area contributed by atoms with Crippen LogP contribution < -0.4 is 9.46 Å². The quantitative estimate of drug-likeness (QED) is 0.831. The molecule has 1 aromatic heterocycles. The molecule has 1 N–H and O–H groups in total. The summed E-state index contributed by atoms with van der Waals surface area (Å²) in [5.74, 6) is 1.20. The lowest BCUT2D eigenvalue weighted by Crippen LogP contribution is -2.52. The Hall–Kier alpha value is -1.61. The maximum atomic E-state index is 12.7. The van der Waals surface area contributed by atoms with Crippen molar-refractivity contribution < 1.29 is 22.3 Å². The average Bonchev–Trinajstić information content (AvgIpc) is 2.99. The Morgan fingerprint density at radius 1 is 1.31 bits per heavy atom. The monoisotopic (exact) mass is 382 g/mol. The molecule has 0 bridgehead atoms. The van der Waals surface area contributed by atoms with E-state index in [1.54, 1.807) is 6.92 Å². The largest absolute Gasteiger partial charge is 0.490 e. The molecule has 0 spiro atoms. The molecule has 0 saturated carbocycles. The van der Waals surface area contributed by atoms with Gasteiger partial charge in [-0.2, -0.15) is 17.4 Å². The Labute approximate surface area is 154 Å². The van der Waals surface area contributed by atoms with Crippen LogP contribution in [0.3, 0.4) is 0 Å². The lowest BCUT2D eigenvalue weighted by atomic mass is 10.2. The Morgan fingerprint density at radius 3 is 2.65 bits per heavy atom. The van der Waals surface area contributed by atoms with Gasteiger partial charge in [-0.15, -0.1) is 0 Å². The lowest BCUT2D eigenvalue weighted by Gasteiger charge is -2.34. The number of benzene rings is 1. The second kappa shape index (κ2) is 7.56. The molecule has 1 fully saturated rings. The summed E-state index contributed by atoms with van der Waals surface area (Å²) in [6.07, 6.45) is -0.267. The highest BCUT2D eigenvalue weighted by Gasteiger charge is 2.32. The number of rotatable bonds is 6. The summed E-state index contributed by atoms with van der Waals surface area (Å²) in [5.41, 5.74) is 0.629. The number of nitrogens with zero attached hydrogens (tertiary/aromatic N) is 1. The van der Waals surface area contributed by atoms with Gasteiger partial charge in [0.2, 0.25) is 0 Å². The number of hydrogen-bond acceptors (Lipinski definition) is 5. The zero-order valence-electron chi connectivity index (χ0n) is 15.6. The predicted octanol–water partition coefficient (Wildman–Crippen LogP) is 2.84. The van der Waals surface area contributed by atoms with E-state index < -0.39 is 16.3 Å². The van der Waals surface area contributed by atoms with Crippen LogP contribution in [0.5, 0.6) is 5.75 Å². The average molecular weight is 382 g/mol. The van der Waals surface area contributed by atoms with Crippen molar-refractivity contribution in [3.63, 3.8) is 0 Å². The third-order valence-electron chi connectivity index (χ3n) is 4.31. The van der Waals surface area contributed by atoms with Crippen LogP contribution in [0.25, 0.3) is 11.0 Å². The summed E-state index contributed by atoms with van der Waals surface area (Å²) < 4.78 is 46.7. The molecule has 8 heteroatoms. The van der Waals surface area contributed by atoms with Gasteiger partial charge in [0, 0.05) is 18.5 Å². The fraction of sp³-hybridized carbons (Fsp3) is 0.556. The fourth-order valence-electron chi connectivity index (χ4n) is 3.22. The first-order valence-electron chi connectivity index (χ1n) is 8.88. The first-order valence-corrected chi connectivity index (χ1v) is 10.3. The van der Waals surface area contributed by atoms with Crippen molar-refractivity contribution in [2.75, 3.05) is 19.7 Å². The molecule has 2 heterocycles. The van der Waals surface area contributed by atoms with Gasteiger partial charge in [-0.1, -0.05) is 12.1 Å². The topological polar surface area (TPSA) is 81.0 Å².